The lowest BCUT2D eigenvalue weighted by Crippen LogP contribution is -2.15. The van der Waals surface area contributed by atoms with Gasteiger partial charge in [0.15, 0.2) is 11.5 Å². The summed E-state index contributed by atoms with van der Waals surface area (Å²) in [6, 6.07) is 16.0. The zero-order chi connectivity index (χ0) is 19.5. The van der Waals surface area contributed by atoms with Gasteiger partial charge >= 0.3 is 0 Å². The summed E-state index contributed by atoms with van der Waals surface area (Å²) in [6.07, 6.45) is 0. The number of methoxy groups -OCH3 is 1. The molecule has 0 saturated carbocycles. The van der Waals surface area contributed by atoms with E-state index in [1.807, 2.05) is 18.2 Å². The van der Waals surface area contributed by atoms with Crippen molar-refractivity contribution in [1.29, 1.82) is 0 Å². The molecule has 4 rings (SSSR count). The first-order chi connectivity index (χ1) is 13.7. The Morgan fingerprint density at radius 2 is 1.86 bits per heavy atom. The Kier molecular flexibility index (Phi) is 4.90. The Morgan fingerprint density at radius 1 is 1.11 bits per heavy atom. The number of fused-ring (bicyclic) bond motifs is 1. The fourth-order valence-corrected chi connectivity index (χ4v) is 3.38. The van der Waals surface area contributed by atoms with Crippen LogP contribution in [-0.2, 0) is 0 Å². The molecule has 0 spiro atoms. The number of carbonyl (C=O) groups is 1. The van der Waals surface area contributed by atoms with Crippen molar-refractivity contribution < 1.29 is 9.53 Å². The summed E-state index contributed by atoms with van der Waals surface area (Å²) >= 11 is 1.21. The van der Waals surface area contributed by atoms with Gasteiger partial charge in [0.25, 0.3) is 11.3 Å². The van der Waals surface area contributed by atoms with Crippen LogP contribution in [0.1, 0.15) is 10.4 Å². The van der Waals surface area contributed by atoms with Crippen LogP contribution in [0.3, 0.4) is 0 Å². The highest BCUT2D eigenvalue weighted by atomic mass is 32.2. The zero-order valence-electron chi connectivity index (χ0n) is 14.8. The van der Waals surface area contributed by atoms with E-state index in [2.05, 4.69) is 20.3 Å². The van der Waals surface area contributed by atoms with Crippen LogP contribution < -0.4 is 10.3 Å². The van der Waals surface area contributed by atoms with E-state index in [4.69, 9.17) is 4.74 Å². The van der Waals surface area contributed by atoms with E-state index in [-0.39, 0.29) is 28.6 Å². The second-order valence-corrected chi connectivity index (χ2v) is 6.77. The van der Waals surface area contributed by atoms with Crippen molar-refractivity contribution in [2.75, 3.05) is 12.9 Å². The average Bonchev–Trinajstić information content (AvgIpc) is 3.13. The van der Waals surface area contributed by atoms with Gasteiger partial charge in [-0.3, -0.25) is 14.6 Å². The van der Waals surface area contributed by atoms with Crippen LogP contribution in [0.4, 0.5) is 0 Å². The molecule has 2 aromatic carbocycles. The number of hydrogen-bond donors (Lipinski definition) is 1. The highest BCUT2D eigenvalue weighted by Crippen LogP contribution is 2.20. The second kappa shape index (κ2) is 7.65. The van der Waals surface area contributed by atoms with E-state index in [0.29, 0.717) is 22.0 Å². The Labute approximate surface area is 163 Å². The molecule has 1 N–H and O–H groups in total. The molecule has 0 amide bonds. The minimum Gasteiger partial charge on any atom is -0.497 e. The number of carbonyl (C=O) groups excluding carboxylic acids is 1. The fourth-order valence-electron chi connectivity index (χ4n) is 2.60. The standard InChI is InChI=1S/C19H15N5O3S/c1-27-14-9-7-13(8-10-14)16-17(26)20-18-21-22-19(24(18)23-16)28-11-15(25)12-5-3-2-4-6-12/h2-10H,11H2,1H3,(H,20,21,26). The van der Waals surface area contributed by atoms with Crippen LogP contribution in [0, 0.1) is 0 Å². The number of nitrogens with one attached hydrogen (secondary N) is 1. The quantitative estimate of drug-likeness (QED) is 0.396. The summed E-state index contributed by atoms with van der Waals surface area (Å²) in [7, 11) is 1.57. The maximum Gasteiger partial charge on any atom is 0.279 e. The summed E-state index contributed by atoms with van der Waals surface area (Å²) in [5.41, 5.74) is 1.12. The lowest BCUT2D eigenvalue weighted by molar-refractivity contribution is 0.102. The molecule has 9 heteroatoms. The minimum atomic E-state index is -0.373. The van der Waals surface area contributed by atoms with Crippen molar-refractivity contribution >= 4 is 23.3 Å². The van der Waals surface area contributed by atoms with E-state index in [0.717, 1.165) is 0 Å². The monoisotopic (exact) mass is 393 g/mol. The SMILES string of the molecule is COc1ccc(-c2nn3c(SCC(=O)c4ccccc4)nnc3[nH]c2=O)cc1. The molecule has 0 fully saturated rings. The number of aromatic nitrogens is 5. The molecule has 2 heterocycles. The molecular weight excluding hydrogens is 378 g/mol. The van der Waals surface area contributed by atoms with Crippen molar-refractivity contribution in [1.82, 2.24) is 24.8 Å². The van der Waals surface area contributed by atoms with Crippen LogP contribution >= 0.6 is 11.8 Å². The Morgan fingerprint density at radius 3 is 2.57 bits per heavy atom. The number of aromatic amines is 1. The van der Waals surface area contributed by atoms with Crippen LogP contribution in [0.15, 0.2) is 64.5 Å². The van der Waals surface area contributed by atoms with E-state index in [9.17, 15) is 9.59 Å². The first kappa shape index (κ1) is 17.9. The van der Waals surface area contributed by atoms with Crippen molar-refractivity contribution in [3.63, 3.8) is 0 Å². The van der Waals surface area contributed by atoms with Crippen LogP contribution in [0.5, 0.6) is 5.75 Å². The van der Waals surface area contributed by atoms with Gasteiger partial charge in [-0.25, -0.2) is 0 Å². The molecule has 0 unspecified atom stereocenters. The average molecular weight is 393 g/mol. The lowest BCUT2D eigenvalue weighted by atomic mass is 10.1. The van der Waals surface area contributed by atoms with Gasteiger partial charge in [0.1, 0.15) is 5.75 Å². The molecule has 0 radical (unpaired) electrons. The van der Waals surface area contributed by atoms with Gasteiger partial charge in [-0.05, 0) is 24.3 Å². The summed E-state index contributed by atoms with van der Waals surface area (Å²) in [4.78, 5) is 27.3. The lowest BCUT2D eigenvalue weighted by Gasteiger charge is -2.04. The molecule has 140 valence electrons. The third-order valence-electron chi connectivity index (χ3n) is 4.04. The number of Topliss-reactive ketones (excluding diaryl/α,β-unsaturated/α-hetero) is 1. The van der Waals surface area contributed by atoms with E-state index < -0.39 is 0 Å². The van der Waals surface area contributed by atoms with Gasteiger partial charge in [-0.2, -0.15) is 9.61 Å². The molecule has 0 aliphatic heterocycles. The predicted molar refractivity (Wildman–Crippen MR) is 105 cm³/mol. The summed E-state index contributed by atoms with van der Waals surface area (Å²) in [6.45, 7) is 0. The molecular formula is C19H15N5O3S. The molecule has 28 heavy (non-hydrogen) atoms. The molecule has 0 atom stereocenters. The van der Waals surface area contributed by atoms with Gasteiger partial charge < -0.3 is 4.74 Å². The summed E-state index contributed by atoms with van der Waals surface area (Å²) in [5, 5.41) is 12.8. The highest BCUT2D eigenvalue weighted by Gasteiger charge is 2.15. The largest absolute Gasteiger partial charge is 0.497 e. The summed E-state index contributed by atoms with van der Waals surface area (Å²) < 4.78 is 6.57. The number of benzene rings is 2. The number of ether oxygens (including phenoxy) is 1. The third-order valence-corrected chi connectivity index (χ3v) is 4.96. The molecule has 0 aliphatic rings. The highest BCUT2D eigenvalue weighted by molar-refractivity contribution is 7.99. The number of nitrogens with zero attached hydrogens (tertiary/aromatic N) is 4. The second-order valence-electron chi connectivity index (χ2n) is 5.83. The Hall–Kier alpha value is -3.46. The van der Waals surface area contributed by atoms with Crippen LogP contribution in [-0.4, -0.2) is 43.4 Å². The van der Waals surface area contributed by atoms with E-state index in [1.54, 1.807) is 43.5 Å². The van der Waals surface area contributed by atoms with Crippen molar-refractivity contribution in [2.24, 2.45) is 0 Å². The Balaban J connectivity index is 1.63. The van der Waals surface area contributed by atoms with Crippen molar-refractivity contribution in [2.45, 2.75) is 5.16 Å². The van der Waals surface area contributed by atoms with Crippen molar-refractivity contribution in [3.05, 3.63) is 70.5 Å². The number of H-pyrrole nitrogens is 1. The van der Waals surface area contributed by atoms with E-state index >= 15 is 0 Å². The van der Waals surface area contributed by atoms with Gasteiger partial charge in [0.2, 0.25) is 5.16 Å². The number of hydrogen-bond acceptors (Lipinski definition) is 7. The molecule has 2 aromatic heterocycles. The molecule has 0 bridgehead atoms. The molecule has 4 aromatic rings. The molecule has 8 nitrogen and oxygen atoms in total. The normalized spacial score (nSPS) is 10.9. The number of thioether (sulfide) groups is 1. The summed E-state index contributed by atoms with van der Waals surface area (Å²) in [5.74, 6) is 1.06. The zero-order valence-corrected chi connectivity index (χ0v) is 15.6. The molecule has 0 saturated heterocycles. The van der Waals surface area contributed by atoms with Crippen LogP contribution in [0.25, 0.3) is 17.0 Å². The van der Waals surface area contributed by atoms with Gasteiger partial charge in [-0.1, -0.05) is 42.1 Å². The topological polar surface area (TPSA) is 102 Å². The van der Waals surface area contributed by atoms with Crippen LogP contribution in [0.2, 0.25) is 0 Å². The third kappa shape index (κ3) is 3.52. The Bertz CT molecular complexity index is 1190. The molecule has 0 aliphatic carbocycles. The number of ketones is 1. The van der Waals surface area contributed by atoms with Gasteiger partial charge in [0.05, 0.1) is 12.9 Å². The maximum atomic E-state index is 12.4. The van der Waals surface area contributed by atoms with Crippen molar-refractivity contribution in [3.8, 4) is 17.0 Å². The minimum absolute atomic E-state index is 0.0258. The first-order valence-electron chi connectivity index (χ1n) is 8.37. The maximum absolute atomic E-state index is 12.4. The first-order valence-corrected chi connectivity index (χ1v) is 9.35. The fraction of sp³-hybridized carbons (Fsp3) is 0.105. The smallest absolute Gasteiger partial charge is 0.279 e. The predicted octanol–water partition coefficient (Wildman–Crippen LogP) is 2.46. The van der Waals surface area contributed by atoms with E-state index in [1.165, 1.54) is 16.3 Å². The van der Waals surface area contributed by atoms with Gasteiger partial charge in [-0.15, -0.1) is 10.2 Å². The van der Waals surface area contributed by atoms with Gasteiger partial charge in [0, 0.05) is 11.1 Å². The number of rotatable bonds is 6.